The highest BCUT2D eigenvalue weighted by atomic mass is 14.8. The topological polar surface area (TPSA) is 0 Å². The van der Waals surface area contributed by atoms with E-state index < -0.39 is 0 Å². The molecule has 11 rings (SSSR count). The zero-order chi connectivity index (χ0) is 38.8. The third kappa shape index (κ3) is 5.85. The Kier molecular flexibility index (Phi) is 8.90. The second-order valence-corrected chi connectivity index (χ2v) is 19.0. The lowest BCUT2D eigenvalue weighted by atomic mass is 9.28. The van der Waals surface area contributed by atoms with Crippen molar-refractivity contribution in [1.29, 1.82) is 0 Å². The van der Waals surface area contributed by atoms with E-state index >= 15 is 0 Å². The largest absolute Gasteiger partial charge is 0.101 e. The fourth-order valence-electron chi connectivity index (χ4n) is 15.0. The molecule has 8 aliphatic rings. The minimum Gasteiger partial charge on any atom is -0.101 e. The molecule has 278 valence electrons. The van der Waals surface area contributed by atoms with Crippen molar-refractivity contribution in [2.45, 2.75) is 135 Å². The second kappa shape index (κ2) is 13.6. The summed E-state index contributed by atoms with van der Waals surface area (Å²) in [4.78, 5) is 0. The smallest absolute Gasteiger partial charge is 0.0260 e. The number of hydrogen-bond donors (Lipinski definition) is 0. The SMILES string of the molecule is CC#Cc1cc(C#CC)cc(C23CC4CC(C2)CC(C25CC6CC(c7cc(C#CC)cc(C#CC)c7)(CC(c7cc(C#CC)cc(C#CC)c7)(C6)C2)C5)(C4)C3)c1. The summed E-state index contributed by atoms with van der Waals surface area (Å²) in [5.41, 5.74) is 12.0. The van der Waals surface area contributed by atoms with Crippen LogP contribution in [0, 0.1) is 99.6 Å². The molecular weight excluding hydrogens is 673 g/mol. The first-order valence-electron chi connectivity index (χ1n) is 21.2. The van der Waals surface area contributed by atoms with Crippen molar-refractivity contribution in [3.05, 3.63) is 105 Å². The molecule has 8 aliphatic carbocycles. The van der Waals surface area contributed by atoms with Crippen molar-refractivity contribution in [3.63, 3.8) is 0 Å². The highest BCUT2D eigenvalue weighted by Gasteiger charge is 2.73. The maximum absolute atomic E-state index is 3.46. The van der Waals surface area contributed by atoms with E-state index in [1.165, 1.54) is 93.7 Å². The Morgan fingerprint density at radius 2 is 0.643 bits per heavy atom. The van der Waals surface area contributed by atoms with E-state index in [0.717, 1.165) is 45.2 Å². The fraction of sp³-hybridized carbons (Fsp3) is 0.464. The van der Waals surface area contributed by atoms with Crippen LogP contribution in [0.5, 0.6) is 0 Å². The number of benzene rings is 3. The molecule has 0 saturated heterocycles. The first-order valence-corrected chi connectivity index (χ1v) is 21.2. The molecule has 0 spiro atoms. The van der Waals surface area contributed by atoms with Crippen LogP contribution in [0.1, 0.15) is 169 Å². The summed E-state index contributed by atoms with van der Waals surface area (Å²) < 4.78 is 0. The van der Waals surface area contributed by atoms with Crippen LogP contribution in [0.4, 0.5) is 0 Å². The van der Waals surface area contributed by atoms with Gasteiger partial charge in [0.15, 0.2) is 0 Å². The monoisotopic (exact) mass is 726 g/mol. The van der Waals surface area contributed by atoms with Crippen LogP contribution in [-0.2, 0) is 16.2 Å². The van der Waals surface area contributed by atoms with Gasteiger partial charge in [0.1, 0.15) is 0 Å². The standard InChI is InChI=1S/C56H54/c1-7-13-40-19-41(14-8-2)24-49(23-40)52-29-46-22-47(30-52)34-55(33-46,37-52)56-35-48-31-53(38-56,50-25-42(15-9-3)20-43(26-50)16-10-4)36-54(32-48,39-56)51-27-44(17-11-5)21-45(28-51)18-12-6/h19-21,23-28,46-48H,22,29-39H2,1-6H3. The fourth-order valence-corrected chi connectivity index (χ4v) is 15.0. The second-order valence-electron chi connectivity index (χ2n) is 19.0. The van der Waals surface area contributed by atoms with Crippen molar-refractivity contribution in [2.75, 3.05) is 0 Å². The van der Waals surface area contributed by atoms with Crippen LogP contribution in [0.25, 0.3) is 0 Å². The minimum absolute atomic E-state index is 0.0646. The average molecular weight is 727 g/mol. The zero-order valence-electron chi connectivity index (χ0n) is 34.4. The summed E-state index contributed by atoms with van der Waals surface area (Å²) in [6.45, 7) is 11.8. The predicted molar refractivity (Wildman–Crippen MR) is 230 cm³/mol. The van der Waals surface area contributed by atoms with Gasteiger partial charge in [0.25, 0.3) is 0 Å². The third-order valence-corrected chi connectivity index (χ3v) is 15.5. The van der Waals surface area contributed by atoms with Gasteiger partial charge in [-0.05, 0) is 235 Å². The lowest BCUT2D eigenvalue weighted by molar-refractivity contribution is -0.218. The van der Waals surface area contributed by atoms with Crippen molar-refractivity contribution >= 4 is 0 Å². The molecule has 56 heavy (non-hydrogen) atoms. The lowest BCUT2D eigenvalue weighted by Crippen LogP contribution is -2.68. The van der Waals surface area contributed by atoms with E-state index in [-0.39, 0.29) is 21.7 Å². The van der Waals surface area contributed by atoms with Gasteiger partial charge in [-0.2, -0.15) is 0 Å². The van der Waals surface area contributed by atoms with Crippen molar-refractivity contribution in [1.82, 2.24) is 0 Å². The Bertz CT molecular complexity index is 2300. The molecule has 0 radical (unpaired) electrons. The van der Waals surface area contributed by atoms with Crippen LogP contribution in [0.3, 0.4) is 0 Å². The molecule has 0 aromatic heterocycles. The number of rotatable bonds is 4. The van der Waals surface area contributed by atoms with Crippen LogP contribution in [-0.4, -0.2) is 0 Å². The summed E-state index contributed by atoms with van der Waals surface area (Å²) in [5.74, 6) is 42.3. The van der Waals surface area contributed by atoms with Crippen LogP contribution in [0.15, 0.2) is 54.6 Å². The lowest BCUT2D eigenvalue weighted by Gasteiger charge is -2.76. The van der Waals surface area contributed by atoms with Gasteiger partial charge in [-0.15, -0.1) is 35.5 Å². The highest BCUT2D eigenvalue weighted by molar-refractivity contribution is 5.54. The Morgan fingerprint density at radius 3 is 1.00 bits per heavy atom. The molecule has 0 heteroatoms. The molecule has 8 saturated carbocycles. The third-order valence-electron chi connectivity index (χ3n) is 15.5. The average Bonchev–Trinajstić information content (AvgIpc) is 3.14. The van der Waals surface area contributed by atoms with Gasteiger partial charge < -0.3 is 0 Å². The normalized spacial score (nSPS) is 33.4. The molecule has 3 aromatic rings. The highest BCUT2D eigenvalue weighted by Crippen LogP contribution is 2.80. The zero-order valence-corrected chi connectivity index (χ0v) is 34.4. The van der Waals surface area contributed by atoms with E-state index in [9.17, 15) is 0 Å². The summed E-state index contributed by atoms with van der Waals surface area (Å²) in [5, 5.41) is 0. The summed E-state index contributed by atoms with van der Waals surface area (Å²) >= 11 is 0. The summed E-state index contributed by atoms with van der Waals surface area (Å²) in [7, 11) is 0. The molecule has 4 unspecified atom stereocenters. The maximum atomic E-state index is 3.46. The molecule has 4 atom stereocenters. The van der Waals surface area contributed by atoms with E-state index in [4.69, 9.17) is 0 Å². The minimum atomic E-state index is 0.0646. The predicted octanol–water partition coefficient (Wildman–Crippen LogP) is 11.6. The van der Waals surface area contributed by atoms with Crippen molar-refractivity contribution < 1.29 is 0 Å². The van der Waals surface area contributed by atoms with E-state index in [0.29, 0.717) is 11.3 Å². The molecule has 0 aliphatic heterocycles. The Balaban J connectivity index is 1.25. The molecular formula is C56H54. The van der Waals surface area contributed by atoms with Gasteiger partial charge in [-0.1, -0.05) is 35.5 Å². The maximum Gasteiger partial charge on any atom is 0.0260 e. The van der Waals surface area contributed by atoms with Gasteiger partial charge in [0.2, 0.25) is 0 Å². The van der Waals surface area contributed by atoms with Gasteiger partial charge in [-0.3, -0.25) is 0 Å². The molecule has 0 nitrogen and oxygen atoms in total. The van der Waals surface area contributed by atoms with Gasteiger partial charge in [-0.25, -0.2) is 0 Å². The molecule has 0 heterocycles. The van der Waals surface area contributed by atoms with Gasteiger partial charge in [0, 0.05) is 33.4 Å². The summed E-state index contributed by atoms with van der Waals surface area (Å²) in [6, 6.07) is 21.4. The van der Waals surface area contributed by atoms with Crippen molar-refractivity contribution in [2.24, 2.45) is 28.6 Å². The van der Waals surface area contributed by atoms with Crippen molar-refractivity contribution in [3.8, 4) is 71.0 Å². The van der Waals surface area contributed by atoms with Gasteiger partial charge in [0.05, 0.1) is 0 Å². The Labute approximate surface area is 337 Å². The molecule has 8 bridgehead atoms. The number of hydrogen-bond acceptors (Lipinski definition) is 0. The van der Waals surface area contributed by atoms with Crippen LogP contribution >= 0.6 is 0 Å². The Morgan fingerprint density at radius 1 is 0.339 bits per heavy atom. The first kappa shape index (κ1) is 36.6. The molecule has 0 amide bonds. The molecule has 8 fully saturated rings. The van der Waals surface area contributed by atoms with Crippen LogP contribution < -0.4 is 0 Å². The van der Waals surface area contributed by atoms with E-state index in [2.05, 4.69) is 126 Å². The summed E-state index contributed by atoms with van der Waals surface area (Å²) in [6.07, 6.45) is 15.7. The van der Waals surface area contributed by atoms with Gasteiger partial charge >= 0.3 is 0 Å². The van der Waals surface area contributed by atoms with E-state index in [1.54, 1.807) is 0 Å². The van der Waals surface area contributed by atoms with E-state index in [1.807, 2.05) is 41.5 Å². The first-order chi connectivity index (χ1) is 27.1. The molecule has 3 aromatic carbocycles. The van der Waals surface area contributed by atoms with Crippen LogP contribution in [0.2, 0.25) is 0 Å². The quantitative estimate of drug-likeness (QED) is 0.235. The molecule has 0 N–H and O–H groups in total. The Hall–Kier alpha value is -4.98.